The number of carbonyl (C=O) groups excluding carboxylic acids is 1. The highest BCUT2D eigenvalue weighted by atomic mass is 19.1. The van der Waals surface area contributed by atoms with Gasteiger partial charge in [0.25, 0.3) is 0 Å². The molecule has 0 radical (unpaired) electrons. The molecule has 2 rings (SSSR count). The highest BCUT2D eigenvalue weighted by molar-refractivity contribution is 5.88. The molecular formula is C11H10FN3O2. The third-order valence-electron chi connectivity index (χ3n) is 2.05. The molecule has 2 heterocycles. The Labute approximate surface area is 96.9 Å². The smallest absolute Gasteiger partial charge is 0.341 e. The van der Waals surface area contributed by atoms with Gasteiger partial charge in [0, 0.05) is 12.4 Å². The molecule has 0 aliphatic carbocycles. The SMILES string of the molecule is CCOC(=O)c1cnn(-c2ncccc2F)c1. The first-order valence-electron chi connectivity index (χ1n) is 5.05. The van der Waals surface area contributed by atoms with Crippen molar-refractivity contribution in [3.8, 4) is 5.82 Å². The molecule has 0 unspecified atom stereocenters. The summed E-state index contributed by atoms with van der Waals surface area (Å²) in [5, 5.41) is 3.86. The van der Waals surface area contributed by atoms with Crippen LogP contribution < -0.4 is 0 Å². The summed E-state index contributed by atoms with van der Waals surface area (Å²) in [6.07, 6.45) is 4.14. The Morgan fingerprint density at radius 3 is 3.12 bits per heavy atom. The predicted molar refractivity (Wildman–Crippen MR) is 57.3 cm³/mol. The molecule has 17 heavy (non-hydrogen) atoms. The van der Waals surface area contributed by atoms with Crippen molar-refractivity contribution < 1.29 is 13.9 Å². The molecule has 0 saturated heterocycles. The number of carbonyl (C=O) groups is 1. The van der Waals surface area contributed by atoms with Crippen LogP contribution in [0.5, 0.6) is 0 Å². The van der Waals surface area contributed by atoms with Gasteiger partial charge in [-0.2, -0.15) is 5.10 Å². The predicted octanol–water partition coefficient (Wildman–Crippen LogP) is 1.58. The molecule has 0 N–H and O–H groups in total. The Bertz CT molecular complexity index is 539. The normalized spacial score (nSPS) is 10.2. The van der Waals surface area contributed by atoms with Crippen LogP contribution in [0.25, 0.3) is 5.82 Å². The first kappa shape index (κ1) is 11.3. The van der Waals surface area contributed by atoms with Gasteiger partial charge in [-0.05, 0) is 19.1 Å². The van der Waals surface area contributed by atoms with E-state index in [9.17, 15) is 9.18 Å². The second kappa shape index (κ2) is 4.73. The molecule has 0 bridgehead atoms. The lowest BCUT2D eigenvalue weighted by Crippen LogP contribution is -2.04. The van der Waals surface area contributed by atoms with E-state index in [4.69, 9.17) is 4.74 Å². The van der Waals surface area contributed by atoms with Crippen molar-refractivity contribution in [3.63, 3.8) is 0 Å². The topological polar surface area (TPSA) is 57.0 Å². The Kier molecular flexibility index (Phi) is 3.13. The monoisotopic (exact) mass is 235 g/mol. The summed E-state index contributed by atoms with van der Waals surface area (Å²) in [5.74, 6) is -0.954. The van der Waals surface area contributed by atoms with Crippen LogP contribution >= 0.6 is 0 Å². The Morgan fingerprint density at radius 2 is 2.41 bits per heavy atom. The highest BCUT2D eigenvalue weighted by Crippen LogP contribution is 2.10. The summed E-state index contributed by atoms with van der Waals surface area (Å²) < 4.78 is 19.4. The van der Waals surface area contributed by atoms with E-state index in [1.165, 1.54) is 35.4 Å². The molecule has 0 fully saturated rings. The molecule has 0 saturated carbocycles. The first-order valence-corrected chi connectivity index (χ1v) is 5.05. The zero-order valence-corrected chi connectivity index (χ0v) is 9.13. The number of hydrogen-bond acceptors (Lipinski definition) is 4. The lowest BCUT2D eigenvalue weighted by atomic mass is 10.4. The maximum atomic E-state index is 13.4. The molecule has 6 heteroatoms. The Hall–Kier alpha value is -2.24. The van der Waals surface area contributed by atoms with Crippen molar-refractivity contribution in [2.24, 2.45) is 0 Å². The Morgan fingerprint density at radius 1 is 1.59 bits per heavy atom. The quantitative estimate of drug-likeness (QED) is 0.758. The average molecular weight is 235 g/mol. The van der Waals surface area contributed by atoms with E-state index < -0.39 is 11.8 Å². The molecule has 0 amide bonds. The molecule has 0 aromatic carbocycles. The molecule has 88 valence electrons. The Balaban J connectivity index is 2.30. The van der Waals surface area contributed by atoms with Gasteiger partial charge in [-0.25, -0.2) is 18.9 Å². The van der Waals surface area contributed by atoms with Gasteiger partial charge in [0.05, 0.1) is 18.4 Å². The van der Waals surface area contributed by atoms with Crippen molar-refractivity contribution in [3.05, 3.63) is 42.1 Å². The zero-order valence-electron chi connectivity index (χ0n) is 9.13. The van der Waals surface area contributed by atoms with Gasteiger partial charge < -0.3 is 4.74 Å². The fourth-order valence-corrected chi connectivity index (χ4v) is 1.30. The van der Waals surface area contributed by atoms with Crippen LogP contribution in [0.3, 0.4) is 0 Å². The van der Waals surface area contributed by atoms with Gasteiger partial charge in [-0.15, -0.1) is 0 Å². The summed E-state index contributed by atoms with van der Waals surface area (Å²) >= 11 is 0. The fourth-order valence-electron chi connectivity index (χ4n) is 1.30. The second-order valence-corrected chi connectivity index (χ2v) is 3.20. The van der Waals surface area contributed by atoms with Crippen LogP contribution in [-0.2, 0) is 4.74 Å². The number of rotatable bonds is 3. The van der Waals surface area contributed by atoms with Crippen molar-refractivity contribution in [2.45, 2.75) is 6.92 Å². The van der Waals surface area contributed by atoms with E-state index in [0.29, 0.717) is 0 Å². The minimum absolute atomic E-state index is 0.0445. The third kappa shape index (κ3) is 2.30. The summed E-state index contributed by atoms with van der Waals surface area (Å²) in [7, 11) is 0. The number of ether oxygens (including phenoxy) is 1. The molecule has 5 nitrogen and oxygen atoms in total. The standard InChI is InChI=1S/C11H10FN3O2/c1-2-17-11(16)8-6-14-15(7-8)10-9(12)4-3-5-13-10/h3-7H,2H2,1H3. The maximum absolute atomic E-state index is 13.4. The van der Waals surface area contributed by atoms with Crippen LogP contribution in [0.1, 0.15) is 17.3 Å². The summed E-state index contributed by atoms with van der Waals surface area (Å²) in [6, 6.07) is 2.75. The molecule has 0 spiro atoms. The largest absolute Gasteiger partial charge is 0.462 e. The van der Waals surface area contributed by atoms with Crippen molar-refractivity contribution >= 4 is 5.97 Å². The van der Waals surface area contributed by atoms with Gasteiger partial charge >= 0.3 is 5.97 Å². The minimum Gasteiger partial charge on any atom is -0.462 e. The number of pyridine rings is 1. The summed E-state index contributed by atoms with van der Waals surface area (Å²) in [5.41, 5.74) is 0.261. The van der Waals surface area contributed by atoms with E-state index in [2.05, 4.69) is 10.1 Å². The number of halogens is 1. The van der Waals surface area contributed by atoms with Crippen molar-refractivity contribution in [1.29, 1.82) is 0 Å². The van der Waals surface area contributed by atoms with Crippen LogP contribution in [0.4, 0.5) is 4.39 Å². The third-order valence-corrected chi connectivity index (χ3v) is 2.05. The zero-order chi connectivity index (χ0) is 12.3. The number of hydrogen-bond donors (Lipinski definition) is 0. The van der Waals surface area contributed by atoms with E-state index in [0.717, 1.165) is 0 Å². The molecule has 2 aromatic heterocycles. The highest BCUT2D eigenvalue weighted by Gasteiger charge is 2.12. The van der Waals surface area contributed by atoms with Crippen LogP contribution in [0.15, 0.2) is 30.7 Å². The first-order chi connectivity index (χ1) is 8.22. The van der Waals surface area contributed by atoms with Crippen LogP contribution in [0.2, 0.25) is 0 Å². The van der Waals surface area contributed by atoms with E-state index in [-0.39, 0.29) is 18.0 Å². The van der Waals surface area contributed by atoms with Gasteiger partial charge in [0.2, 0.25) is 0 Å². The van der Waals surface area contributed by atoms with Crippen LogP contribution in [-0.4, -0.2) is 27.3 Å². The fraction of sp³-hybridized carbons (Fsp3) is 0.182. The maximum Gasteiger partial charge on any atom is 0.341 e. The lowest BCUT2D eigenvalue weighted by Gasteiger charge is -2.00. The van der Waals surface area contributed by atoms with Crippen molar-refractivity contribution in [2.75, 3.05) is 6.61 Å². The van der Waals surface area contributed by atoms with Gasteiger partial charge in [-0.3, -0.25) is 0 Å². The lowest BCUT2D eigenvalue weighted by molar-refractivity contribution is 0.0526. The molecule has 0 aliphatic rings. The van der Waals surface area contributed by atoms with E-state index >= 15 is 0 Å². The van der Waals surface area contributed by atoms with E-state index in [1.54, 1.807) is 6.92 Å². The number of nitrogens with zero attached hydrogens (tertiary/aromatic N) is 3. The summed E-state index contributed by atoms with van der Waals surface area (Å²) in [4.78, 5) is 15.2. The molecular weight excluding hydrogens is 225 g/mol. The van der Waals surface area contributed by atoms with Gasteiger partial charge in [0.15, 0.2) is 11.6 Å². The minimum atomic E-state index is -0.508. The second-order valence-electron chi connectivity index (χ2n) is 3.20. The van der Waals surface area contributed by atoms with E-state index in [1.807, 2.05) is 0 Å². The molecule has 0 atom stereocenters. The van der Waals surface area contributed by atoms with Gasteiger partial charge in [0.1, 0.15) is 0 Å². The molecule has 0 aliphatic heterocycles. The number of aromatic nitrogens is 3. The number of esters is 1. The summed E-state index contributed by atoms with van der Waals surface area (Å²) in [6.45, 7) is 1.99. The van der Waals surface area contributed by atoms with Crippen molar-refractivity contribution in [1.82, 2.24) is 14.8 Å². The molecule has 2 aromatic rings. The van der Waals surface area contributed by atoms with Crippen LogP contribution in [0, 0.1) is 5.82 Å². The average Bonchev–Trinajstić information content (AvgIpc) is 2.79. The van der Waals surface area contributed by atoms with Gasteiger partial charge in [-0.1, -0.05) is 0 Å².